The number of nitrogens with zero attached hydrogens (tertiary/aromatic N) is 2. The maximum absolute atomic E-state index is 9.87. The fraction of sp³-hybridized carbons (Fsp3) is 0.385. The van der Waals surface area contributed by atoms with E-state index < -0.39 is 0 Å². The van der Waals surface area contributed by atoms with Crippen LogP contribution in [0.15, 0.2) is 22.7 Å². The van der Waals surface area contributed by atoms with Crippen molar-refractivity contribution in [1.82, 2.24) is 10.1 Å². The van der Waals surface area contributed by atoms with E-state index in [1.54, 1.807) is 19.2 Å². The summed E-state index contributed by atoms with van der Waals surface area (Å²) in [4.78, 5) is 4.30. The highest BCUT2D eigenvalue weighted by molar-refractivity contribution is 5.63. The second-order valence-electron chi connectivity index (χ2n) is 4.55. The maximum Gasteiger partial charge on any atom is 0.261 e. The van der Waals surface area contributed by atoms with Gasteiger partial charge in [-0.15, -0.1) is 0 Å². The SMILES string of the molecule is COc1ccc(-c2nc(CC3CC3)no2)c(O)c1. The predicted octanol–water partition coefficient (Wildman–Crippen LogP) is 2.40. The minimum Gasteiger partial charge on any atom is -0.507 e. The van der Waals surface area contributed by atoms with Crippen LogP contribution in [0.25, 0.3) is 11.5 Å². The van der Waals surface area contributed by atoms with E-state index in [0.29, 0.717) is 28.9 Å². The number of ether oxygens (including phenoxy) is 1. The van der Waals surface area contributed by atoms with Crippen LogP contribution in [-0.2, 0) is 6.42 Å². The van der Waals surface area contributed by atoms with Gasteiger partial charge in [0.25, 0.3) is 5.89 Å². The topological polar surface area (TPSA) is 68.4 Å². The lowest BCUT2D eigenvalue weighted by Crippen LogP contribution is -1.89. The largest absolute Gasteiger partial charge is 0.507 e. The first-order valence-electron chi connectivity index (χ1n) is 5.96. The second kappa shape index (κ2) is 4.33. The number of methoxy groups -OCH3 is 1. The molecule has 0 radical (unpaired) electrons. The number of benzene rings is 1. The summed E-state index contributed by atoms with van der Waals surface area (Å²) in [6, 6.07) is 4.99. The van der Waals surface area contributed by atoms with Gasteiger partial charge in [0.2, 0.25) is 0 Å². The Kier molecular flexibility index (Phi) is 2.66. The lowest BCUT2D eigenvalue weighted by Gasteiger charge is -2.02. The normalized spacial score (nSPS) is 14.7. The Balaban J connectivity index is 1.86. The molecule has 1 heterocycles. The molecule has 1 fully saturated rings. The van der Waals surface area contributed by atoms with Gasteiger partial charge in [0.05, 0.1) is 12.7 Å². The lowest BCUT2D eigenvalue weighted by molar-refractivity contribution is 0.404. The van der Waals surface area contributed by atoms with Gasteiger partial charge in [0, 0.05) is 12.5 Å². The third-order valence-corrected chi connectivity index (χ3v) is 3.07. The van der Waals surface area contributed by atoms with E-state index >= 15 is 0 Å². The summed E-state index contributed by atoms with van der Waals surface area (Å²) in [7, 11) is 1.55. The molecule has 1 aromatic carbocycles. The Morgan fingerprint density at radius 3 is 2.94 bits per heavy atom. The van der Waals surface area contributed by atoms with Gasteiger partial charge >= 0.3 is 0 Å². The molecule has 2 aromatic rings. The first-order valence-corrected chi connectivity index (χ1v) is 5.96. The summed E-state index contributed by atoms with van der Waals surface area (Å²) in [6.07, 6.45) is 3.36. The Morgan fingerprint density at radius 2 is 2.28 bits per heavy atom. The Hall–Kier alpha value is -2.04. The second-order valence-corrected chi connectivity index (χ2v) is 4.55. The molecule has 1 N–H and O–H groups in total. The molecule has 18 heavy (non-hydrogen) atoms. The number of phenolic OH excluding ortho intramolecular Hbond substituents is 1. The molecule has 94 valence electrons. The Bertz CT molecular complexity index is 561. The van der Waals surface area contributed by atoms with Crippen molar-refractivity contribution >= 4 is 0 Å². The molecule has 0 aliphatic heterocycles. The molecule has 0 unspecified atom stereocenters. The van der Waals surface area contributed by atoms with Crippen LogP contribution >= 0.6 is 0 Å². The van der Waals surface area contributed by atoms with E-state index in [-0.39, 0.29) is 5.75 Å². The van der Waals surface area contributed by atoms with Crippen LogP contribution in [0.1, 0.15) is 18.7 Å². The van der Waals surface area contributed by atoms with Crippen molar-refractivity contribution in [2.24, 2.45) is 5.92 Å². The zero-order chi connectivity index (χ0) is 12.5. The molecular formula is C13H14N2O3. The van der Waals surface area contributed by atoms with Crippen molar-refractivity contribution in [1.29, 1.82) is 0 Å². The lowest BCUT2D eigenvalue weighted by atomic mass is 10.2. The quantitative estimate of drug-likeness (QED) is 0.897. The molecule has 0 amide bonds. The van der Waals surface area contributed by atoms with Crippen molar-refractivity contribution in [3.8, 4) is 23.0 Å². The van der Waals surface area contributed by atoms with Crippen LogP contribution in [0.4, 0.5) is 0 Å². The van der Waals surface area contributed by atoms with Gasteiger partial charge in [-0.25, -0.2) is 0 Å². The van der Waals surface area contributed by atoms with Crippen LogP contribution in [0.3, 0.4) is 0 Å². The van der Waals surface area contributed by atoms with E-state index in [9.17, 15) is 5.11 Å². The molecule has 5 nitrogen and oxygen atoms in total. The summed E-state index contributed by atoms with van der Waals surface area (Å²) < 4.78 is 10.2. The Labute approximate surface area is 104 Å². The van der Waals surface area contributed by atoms with Gasteiger partial charge in [-0.2, -0.15) is 4.98 Å². The molecule has 0 saturated heterocycles. The molecule has 1 aliphatic carbocycles. The van der Waals surface area contributed by atoms with Gasteiger partial charge in [0.15, 0.2) is 5.82 Å². The van der Waals surface area contributed by atoms with Crippen LogP contribution in [0.5, 0.6) is 11.5 Å². The minimum atomic E-state index is 0.0796. The van der Waals surface area contributed by atoms with E-state index in [1.807, 2.05) is 0 Å². The van der Waals surface area contributed by atoms with E-state index in [1.165, 1.54) is 18.9 Å². The first kappa shape index (κ1) is 11.1. The molecular weight excluding hydrogens is 232 g/mol. The molecule has 5 heteroatoms. The van der Waals surface area contributed by atoms with Gasteiger partial charge in [-0.3, -0.25) is 0 Å². The van der Waals surface area contributed by atoms with E-state index in [4.69, 9.17) is 9.26 Å². The van der Waals surface area contributed by atoms with Gasteiger partial charge in [0.1, 0.15) is 11.5 Å². The highest BCUT2D eigenvalue weighted by Gasteiger charge is 2.24. The summed E-state index contributed by atoms with van der Waals surface area (Å²) in [5.74, 6) is 2.44. The van der Waals surface area contributed by atoms with E-state index in [2.05, 4.69) is 10.1 Å². The third-order valence-electron chi connectivity index (χ3n) is 3.07. The summed E-state index contributed by atoms with van der Waals surface area (Å²) in [5, 5.41) is 13.8. The van der Waals surface area contributed by atoms with Crippen molar-refractivity contribution in [3.63, 3.8) is 0 Å². The molecule has 0 spiro atoms. The van der Waals surface area contributed by atoms with E-state index in [0.717, 1.165) is 6.42 Å². The highest BCUT2D eigenvalue weighted by atomic mass is 16.5. The van der Waals surface area contributed by atoms with Crippen LogP contribution in [0, 0.1) is 5.92 Å². The number of aromatic hydroxyl groups is 1. The molecule has 0 bridgehead atoms. The molecule has 3 rings (SSSR count). The minimum absolute atomic E-state index is 0.0796. The maximum atomic E-state index is 9.87. The van der Waals surface area contributed by atoms with Gasteiger partial charge in [-0.1, -0.05) is 5.16 Å². The van der Waals surface area contributed by atoms with Crippen molar-refractivity contribution in [2.45, 2.75) is 19.3 Å². The summed E-state index contributed by atoms with van der Waals surface area (Å²) in [5.41, 5.74) is 0.533. The van der Waals surface area contributed by atoms with Crippen LogP contribution in [0.2, 0.25) is 0 Å². The molecule has 1 saturated carbocycles. The van der Waals surface area contributed by atoms with Crippen molar-refractivity contribution in [3.05, 3.63) is 24.0 Å². The smallest absolute Gasteiger partial charge is 0.261 e. The predicted molar refractivity (Wildman–Crippen MR) is 64.4 cm³/mol. The number of aromatic nitrogens is 2. The van der Waals surface area contributed by atoms with Gasteiger partial charge < -0.3 is 14.4 Å². The molecule has 1 aromatic heterocycles. The summed E-state index contributed by atoms with van der Waals surface area (Å²) in [6.45, 7) is 0. The fourth-order valence-corrected chi connectivity index (χ4v) is 1.85. The first-order chi connectivity index (χ1) is 8.76. The molecule has 0 atom stereocenters. The number of hydrogen-bond donors (Lipinski definition) is 1. The molecule has 1 aliphatic rings. The number of phenols is 1. The highest BCUT2D eigenvalue weighted by Crippen LogP contribution is 2.34. The third kappa shape index (κ3) is 2.16. The Morgan fingerprint density at radius 1 is 1.44 bits per heavy atom. The average Bonchev–Trinajstić information content (AvgIpc) is 3.06. The monoisotopic (exact) mass is 246 g/mol. The van der Waals surface area contributed by atoms with Crippen LogP contribution < -0.4 is 4.74 Å². The van der Waals surface area contributed by atoms with Crippen molar-refractivity contribution in [2.75, 3.05) is 7.11 Å². The standard InChI is InChI=1S/C13H14N2O3/c1-17-9-4-5-10(11(16)7-9)13-14-12(15-18-13)6-8-2-3-8/h4-5,7-8,16H,2-3,6H2,1H3. The average molecular weight is 246 g/mol. The number of hydrogen-bond acceptors (Lipinski definition) is 5. The fourth-order valence-electron chi connectivity index (χ4n) is 1.85. The zero-order valence-electron chi connectivity index (χ0n) is 10.1. The summed E-state index contributed by atoms with van der Waals surface area (Å²) >= 11 is 0. The van der Waals surface area contributed by atoms with Crippen molar-refractivity contribution < 1.29 is 14.4 Å². The zero-order valence-corrected chi connectivity index (χ0v) is 10.1. The van der Waals surface area contributed by atoms with Gasteiger partial charge in [-0.05, 0) is 30.9 Å². The number of rotatable bonds is 4. The van der Waals surface area contributed by atoms with Crippen LogP contribution in [-0.4, -0.2) is 22.4 Å².